The van der Waals surface area contributed by atoms with E-state index in [1.165, 1.54) is 0 Å². The van der Waals surface area contributed by atoms with Crippen LogP contribution in [-0.4, -0.2) is 14.7 Å². The zero-order valence-corrected chi connectivity index (χ0v) is 18.7. The fourth-order valence-corrected chi connectivity index (χ4v) is 4.11. The molecular formula is C28H25N3O2. The van der Waals surface area contributed by atoms with E-state index in [1.807, 2.05) is 43.3 Å². The number of aryl methyl sites for hydroxylation is 1. The van der Waals surface area contributed by atoms with Gasteiger partial charge in [0.05, 0.1) is 17.2 Å². The van der Waals surface area contributed by atoms with E-state index in [4.69, 9.17) is 0 Å². The molecule has 0 aliphatic rings. The molecule has 1 heterocycles. The Morgan fingerprint density at radius 3 is 2.30 bits per heavy atom. The molecule has 0 saturated heterocycles. The maximum atomic E-state index is 12.9. The van der Waals surface area contributed by atoms with Crippen LogP contribution in [0, 0.1) is 18.3 Å². The first-order valence-corrected chi connectivity index (χ1v) is 11.0. The number of nitriles is 1. The number of phenolic OH excluding ortho intramolecular Hbond substituents is 1. The van der Waals surface area contributed by atoms with Crippen molar-refractivity contribution >= 4 is 0 Å². The third-order valence-electron chi connectivity index (χ3n) is 5.81. The Kier molecular flexibility index (Phi) is 6.37. The number of hydrogen-bond donors (Lipinski definition) is 1. The van der Waals surface area contributed by atoms with E-state index < -0.39 is 0 Å². The highest BCUT2D eigenvalue weighted by molar-refractivity contribution is 5.70. The molecule has 0 atom stereocenters. The second kappa shape index (κ2) is 9.54. The standard InChI is InChI=1S/C28H25N3O2/c1-3-6-26-30-28(33)27(22-13-15-24(32)16-14-22)19(2)31(26)18-20-9-11-21(12-10-20)25-8-5-4-7-23(25)17-29/h4-5,7-16,32H,3,6,18H2,1-2H3. The summed E-state index contributed by atoms with van der Waals surface area (Å²) in [5, 5.41) is 19.0. The van der Waals surface area contributed by atoms with Crippen molar-refractivity contribution in [2.24, 2.45) is 0 Å². The van der Waals surface area contributed by atoms with Gasteiger partial charge in [-0.05, 0) is 53.8 Å². The minimum Gasteiger partial charge on any atom is -0.508 e. The summed E-state index contributed by atoms with van der Waals surface area (Å²) in [5.41, 5.74) is 5.52. The summed E-state index contributed by atoms with van der Waals surface area (Å²) in [7, 11) is 0. The summed E-state index contributed by atoms with van der Waals surface area (Å²) in [6.07, 6.45) is 1.59. The summed E-state index contributed by atoms with van der Waals surface area (Å²) in [5.74, 6) is 0.923. The SMILES string of the molecule is CCCc1nc(=O)c(-c2ccc(O)cc2)c(C)n1Cc1ccc(-c2ccccc2C#N)cc1. The lowest BCUT2D eigenvalue weighted by molar-refractivity contribution is 0.475. The van der Waals surface area contributed by atoms with Crippen molar-refractivity contribution in [1.29, 1.82) is 5.26 Å². The Morgan fingerprint density at radius 1 is 0.970 bits per heavy atom. The highest BCUT2D eigenvalue weighted by Gasteiger charge is 2.16. The molecule has 1 aromatic heterocycles. The molecule has 33 heavy (non-hydrogen) atoms. The van der Waals surface area contributed by atoms with Crippen molar-refractivity contribution in [2.75, 3.05) is 0 Å². The van der Waals surface area contributed by atoms with Gasteiger partial charge >= 0.3 is 0 Å². The molecule has 5 heteroatoms. The molecule has 5 nitrogen and oxygen atoms in total. The first-order chi connectivity index (χ1) is 16.0. The lowest BCUT2D eigenvalue weighted by Gasteiger charge is -2.19. The number of nitrogens with zero attached hydrogens (tertiary/aromatic N) is 3. The van der Waals surface area contributed by atoms with Gasteiger partial charge in [-0.25, -0.2) is 0 Å². The Balaban J connectivity index is 1.74. The monoisotopic (exact) mass is 435 g/mol. The molecular weight excluding hydrogens is 410 g/mol. The summed E-state index contributed by atoms with van der Waals surface area (Å²) >= 11 is 0. The highest BCUT2D eigenvalue weighted by Crippen LogP contribution is 2.26. The van der Waals surface area contributed by atoms with E-state index in [-0.39, 0.29) is 11.3 Å². The highest BCUT2D eigenvalue weighted by atomic mass is 16.3. The smallest absolute Gasteiger partial charge is 0.281 e. The lowest BCUT2D eigenvalue weighted by atomic mass is 9.99. The molecule has 0 amide bonds. The van der Waals surface area contributed by atoms with Gasteiger partial charge < -0.3 is 9.67 Å². The Labute approximate surface area is 193 Å². The van der Waals surface area contributed by atoms with Crippen LogP contribution in [0.2, 0.25) is 0 Å². The maximum absolute atomic E-state index is 12.9. The van der Waals surface area contributed by atoms with Gasteiger partial charge in [0.1, 0.15) is 11.6 Å². The summed E-state index contributed by atoms with van der Waals surface area (Å²) in [6.45, 7) is 4.60. The lowest BCUT2D eigenvalue weighted by Crippen LogP contribution is -2.23. The number of benzene rings is 3. The average Bonchev–Trinajstić information content (AvgIpc) is 2.83. The fourth-order valence-electron chi connectivity index (χ4n) is 4.11. The van der Waals surface area contributed by atoms with E-state index in [0.29, 0.717) is 24.1 Å². The van der Waals surface area contributed by atoms with Crippen molar-refractivity contribution in [3.63, 3.8) is 0 Å². The predicted octanol–water partition coefficient (Wildman–Crippen LogP) is 5.46. The first-order valence-electron chi connectivity index (χ1n) is 11.0. The van der Waals surface area contributed by atoms with Gasteiger partial charge in [-0.1, -0.05) is 61.5 Å². The van der Waals surface area contributed by atoms with E-state index >= 15 is 0 Å². The predicted molar refractivity (Wildman–Crippen MR) is 130 cm³/mol. The maximum Gasteiger partial charge on any atom is 0.281 e. The molecule has 0 spiro atoms. The van der Waals surface area contributed by atoms with Gasteiger partial charge in [0, 0.05) is 18.7 Å². The molecule has 0 unspecified atom stereocenters. The van der Waals surface area contributed by atoms with Crippen LogP contribution in [0.1, 0.15) is 36.0 Å². The van der Waals surface area contributed by atoms with Crippen molar-refractivity contribution in [2.45, 2.75) is 33.2 Å². The third-order valence-corrected chi connectivity index (χ3v) is 5.81. The van der Waals surface area contributed by atoms with Gasteiger partial charge in [0.2, 0.25) is 0 Å². The van der Waals surface area contributed by atoms with Crippen molar-refractivity contribution in [3.05, 3.63) is 106 Å². The normalized spacial score (nSPS) is 10.7. The van der Waals surface area contributed by atoms with Crippen LogP contribution in [0.3, 0.4) is 0 Å². The zero-order valence-electron chi connectivity index (χ0n) is 18.7. The second-order valence-electron chi connectivity index (χ2n) is 8.03. The van der Waals surface area contributed by atoms with Gasteiger partial charge in [-0.15, -0.1) is 0 Å². The second-order valence-corrected chi connectivity index (χ2v) is 8.03. The van der Waals surface area contributed by atoms with Gasteiger partial charge in [0.25, 0.3) is 5.56 Å². The number of aromatic nitrogens is 2. The first kappa shape index (κ1) is 22.0. The molecule has 1 N–H and O–H groups in total. The largest absolute Gasteiger partial charge is 0.508 e. The topological polar surface area (TPSA) is 78.9 Å². The average molecular weight is 436 g/mol. The van der Waals surface area contributed by atoms with Gasteiger partial charge in [-0.2, -0.15) is 10.2 Å². The fraction of sp³-hybridized carbons (Fsp3) is 0.179. The van der Waals surface area contributed by atoms with Crippen LogP contribution in [0.5, 0.6) is 5.75 Å². The quantitative estimate of drug-likeness (QED) is 0.436. The van der Waals surface area contributed by atoms with Crippen LogP contribution >= 0.6 is 0 Å². The van der Waals surface area contributed by atoms with Crippen molar-refractivity contribution in [1.82, 2.24) is 9.55 Å². The Bertz CT molecular complexity index is 1380. The third kappa shape index (κ3) is 4.56. The number of phenols is 1. The van der Waals surface area contributed by atoms with Crippen LogP contribution in [0.15, 0.2) is 77.6 Å². The molecule has 4 rings (SSSR count). The summed E-state index contributed by atoms with van der Waals surface area (Å²) in [4.78, 5) is 17.3. The van der Waals surface area contributed by atoms with E-state index in [9.17, 15) is 15.2 Å². The number of hydrogen-bond acceptors (Lipinski definition) is 4. The molecule has 164 valence electrons. The molecule has 0 aliphatic heterocycles. The van der Waals surface area contributed by atoms with E-state index in [2.05, 4.69) is 34.7 Å². The van der Waals surface area contributed by atoms with Crippen molar-refractivity contribution < 1.29 is 5.11 Å². The van der Waals surface area contributed by atoms with Crippen LogP contribution in [0.4, 0.5) is 0 Å². The zero-order chi connectivity index (χ0) is 23.4. The Hall–Kier alpha value is -4.17. The van der Waals surface area contributed by atoms with Crippen LogP contribution in [-0.2, 0) is 13.0 Å². The number of rotatable bonds is 6. The summed E-state index contributed by atoms with van der Waals surface area (Å²) < 4.78 is 2.10. The molecule has 0 radical (unpaired) electrons. The van der Waals surface area contributed by atoms with E-state index in [0.717, 1.165) is 40.2 Å². The molecule has 0 fully saturated rings. The minimum atomic E-state index is -0.249. The molecule has 0 saturated carbocycles. The van der Waals surface area contributed by atoms with Gasteiger partial charge in [0.15, 0.2) is 0 Å². The van der Waals surface area contributed by atoms with Gasteiger partial charge in [-0.3, -0.25) is 4.79 Å². The van der Waals surface area contributed by atoms with Crippen LogP contribution < -0.4 is 5.56 Å². The van der Waals surface area contributed by atoms with Crippen LogP contribution in [0.25, 0.3) is 22.3 Å². The Morgan fingerprint density at radius 2 is 1.64 bits per heavy atom. The number of aromatic hydroxyl groups is 1. The molecule has 3 aromatic carbocycles. The molecule has 0 bridgehead atoms. The van der Waals surface area contributed by atoms with Crippen molar-refractivity contribution in [3.8, 4) is 34.1 Å². The molecule has 4 aromatic rings. The van der Waals surface area contributed by atoms with E-state index in [1.54, 1.807) is 24.3 Å². The summed E-state index contributed by atoms with van der Waals surface area (Å²) in [6, 6.07) is 24.6. The molecule has 0 aliphatic carbocycles. The minimum absolute atomic E-state index is 0.158.